The molecule has 1 aliphatic rings. The van der Waals surface area contributed by atoms with Gasteiger partial charge in [-0.3, -0.25) is 9.52 Å². The molecular formula is C29H34N4O2S2. The third-order valence-corrected chi connectivity index (χ3v) is 8.39. The van der Waals surface area contributed by atoms with Crippen LogP contribution in [0.2, 0.25) is 0 Å². The lowest BCUT2D eigenvalue weighted by Crippen LogP contribution is -2.44. The molecule has 0 aliphatic carbocycles. The van der Waals surface area contributed by atoms with Crippen LogP contribution in [0.1, 0.15) is 25.0 Å². The number of methoxy groups -OCH3 is 1. The first-order chi connectivity index (χ1) is 17.9. The lowest BCUT2D eigenvalue weighted by Gasteiger charge is -2.30. The summed E-state index contributed by atoms with van der Waals surface area (Å²) in [7, 11) is 3.85. The number of nitrogens with one attached hydrogen (secondary N) is 2. The van der Waals surface area contributed by atoms with E-state index in [1.807, 2.05) is 42.1 Å². The van der Waals surface area contributed by atoms with Crippen LogP contribution in [0, 0.1) is 0 Å². The van der Waals surface area contributed by atoms with Crippen molar-refractivity contribution in [2.75, 3.05) is 30.9 Å². The van der Waals surface area contributed by atoms with Crippen LogP contribution < -0.4 is 25.4 Å². The summed E-state index contributed by atoms with van der Waals surface area (Å²) in [6.07, 6.45) is 3.06. The van der Waals surface area contributed by atoms with Crippen molar-refractivity contribution < 1.29 is 9.53 Å². The summed E-state index contributed by atoms with van der Waals surface area (Å²) in [5, 5.41) is 3.01. The first-order valence-electron chi connectivity index (χ1n) is 12.2. The molecule has 37 heavy (non-hydrogen) atoms. The Kier molecular flexibility index (Phi) is 9.21. The molecule has 1 aliphatic heterocycles. The van der Waals surface area contributed by atoms with Crippen molar-refractivity contribution >= 4 is 47.1 Å². The van der Waals surface area contributed by atoms with Gasteiger partial charge in [0.1, 0.15) is 5.75 Å². The van der Waals surface area contributed by atoms with E-state index in [4.69, 9.17) is 10.5 Å². The molecule has 0 spiro atoms. The maximum Gasteiger partial charge on any atom is 0.238 e. The van der Waals surface area contributed by atoms with E-state index in [-0.39, 0.29) is 23.9 Å². The first kappa shape index (κ1) is 27.1. The quantitative estimate of drug-likeness (QED) is 0.284. The smallest absolute Gasteiger partial charge is 0.238 e. The molecule has 4 N–H and O–H groups in total. The number of rotatable bonds is 10. The Bertz CT molecular complexity index is 1280. The maximum atomic E-state index is 11.7. The summed E-state index contributed by atoms with van der Waals surface area (Å²) in [5.41, 5.74) is 11.2. The van der Waals surface area contributed by atoms with Gasteiger partial charge in [-0.2, -0.15) is 0 Å². The van der Waals surface area contributed by atoms with Gasteiger partial charge in [0.25, 0.3) is 0 Å². The number of hydrogen-bond acceptors (Lipinski definition) is 7. The van der Waals surface area contributed by atoms with Crippen LogP contribution >= 0.6 is 23.7 Å². The van der Waals surface area contributed by atoms with Crippen molar-refractivity contribution in [2.24, 2.45) is 5.73 Å². The summed E-state index contributed by atoms with van der Waals surface area (Å²) in [6, 6.07) is 22.9. The van der Waals surface area contributed by atoms with Crippen molar-refractivity contribution in [3.05, 3.63) is 83.4 Å². The highest BCUT2D eigenvalue weighted by atomic mass is 32.2. The summed E-state index contributed by atoms with van der Waals surface area (Å²) in [5.74, 6) is 0.659. The normalized spacial score (nSPS) is 15.2. The SMILES string of the molecule is COc1ccc2c(c1)SC(C(Cc1cccc(C=C(C)C)c1)NSc1cccc(NC(=O)CN)c1)N2C. The fraction of sp³-hybridized carbons (Fsp3) is 0.276. The minimum atomic E-state index is -0.207. The Morgan fingerprint density at radius 1 is 1.16 bits per heavy atom. The third kappa shape index (κ3) is 7.11. The zero-order chi connectivity index (χ0) is 26.4. The van der Waals surface area contributed by atoms with Crippen LogP contribution in [-0.4, -0.2) is 38.0 Å². The van der Waals surface area contributed by atoms with E-state index in [9.17, 15) is 4.79 Å². The van der Waals surface area contributed by atoms with Crippen molar-refractivity contribution in [2.45, 2.75) is 41.5 Å². The lowest BCUT2D eigenvalue weighted by molar-refractivity contribution is -0.114. The molecule has 6 nitrogen and oxygen atoms in total. The zero-order valence-electron chi connectivity index (χ0n) is 21.7. The van der Waals surface area contributed by atoms with Crippen LogP contribution in [0.15, 0.2) is 82.1 Å². The molecule has 0 saturated carbocycles. The highest BCUT2D eigenvalue weighted by Gasteiger charge is 2.34. The number of thioether (sulfide) groups is 1. The zero-order valence-corrected chi connectivity index (χ0v) is 23.3. The Hall–Kier alpha value is -2.91. The molecule has 3 aromatic carbocycles. The number of carbonyl (C=O) groups excluding carboxylic acids is 1. The molecule has 0 saturated heterocycles. The molecule has 0 fully saturated rings. The number of carbonyl (C=O) groups is 1. The van der Waals surface area contributed by atoms with Crippen LogP contribution in [0.3, 0.4) is 0 Å². The van der Waals surface area contributed by atoms with Gasteiger partial charge in [-0.15, -0.1) is 0 Å². The van der Waals surface area contributed by atoms with Gasteiger partial charge < -0.3 is 20.7 Å². The monoisotopic (exact) mass is 534 g/mol. The lowest BCUT2D eigenvalue weighted by atomic mass is 10.0. The van der Waals surface area contributed by atoms with Gasteiger partial charge in [-0.25, -0.2) is 0 Å². The molecule has 194 valence electrons. The van der Waals surface area contributed by atoms with Crippen molar-refractivity contribution in [1.29, 1.82) is 0 Å². The van der Waals surface area contributed by atoms with E-state index in [1.54, 1.807) is 19.1 Å². The van der Waals surface area contributed by atoms with Gasteiger partial charge in [0.15, 0.2) is 0 Å². The van der Waals surface area contributed by atoms with E-state index < -0.39 is 0 Å². The minimum Gasteiger partial charge on any atom is -0.497 e. The van der Waals surface area contributed by atoms with Crippen molar-refractivity contribution in [3.63, 3.8) is 0 Å². The number of ether oxygens (including phenoxy) is 1. The molecule has 0 bridgehead atoms. The Morgan fingerprint density at radius 2 is 1.97 bits per heavy atom. The highest BCUT2D eigenvalue weighted by Crippen LogP contribution is 2.46. The molecule has 2 unspecified atom stereocenters. The molecule has 1 amide bonds. The van der Waals surface area contributed by atoms with Crippen molar-refractivity contribution in [3.8, 4) is 5.75 Å². The number of hydrogen-bond donors (Lipinski definition) is 3. The van der Waals surface area contributed by atoms with Crippen LogP contribution in [0.25, 0.3) is 6.08 Å². The number of amides is 1. The number of nitrogens with zero attached hydrogens (tertiary/aromatic N) is 1. The van der Waals surface area contributed by atoms with Gasteiger partial charge in [-0.1, -0.05) is 53.7 Å². The topological polar surface area (TPSA) is 79.6 Å². The molecule has 0 radical (unpaired) electrons. The maximum absolute atomic E-state index is 11.7. The predicted molar refractivity (Wildman–Crippen MR) is 157 cm³/mol. The molecule has 4 rings (SSSR count). The Morgan fingerprint density at radius 3 is 2.73 bits per heavy atom. The third-order valence-electron chi connectivity index (χ3n) is 6.01. The number of benzene rings is 3. The summed E-state index contributed by atoms with van der Waals surface area (Å²) in [4.78, 5) is 16.3. The summed E-state index contributed by atoms with van der Waals surface area (Å²) >= 11 is 3.43. The van der Waals surface area contributed by atoms with Gasteiger partial charge in [0, 0.05) is 22.5 Å². The minimum absolute atomic E-state index is 0.0416. The van der Waals surface area contributed by atoms with Crippen LogP contribution in [0.4, 0.5) is 11.4 Å². The molecule has 0 aromatic heterocycles. The number of allylic oxidation sites excluding steroid dienone is 1. The standard InChI is InChI=1S/C29H34N4O2S2/c1-19(2)13-20-7-5-8-21(14-20)15-25(29-33(3)26-12-11-23(35-4)17-27(26)36-29)32-37-24-10-6-9-22(16-24)31-28(34)18-30/h5-14,16-17,25,29,32H,15,18,30H2,1-4H3,(H,31,34). The second kappa shape index (κ2) is 12.6. The van der Waals surface area contributed by atoms with E-state index >= 15 is 0 Å². The number of fused-ring (bicyclic) bond motifs is 1. The summed E-state index contributed by atoms with van der Waals surface area (Å²) in [6.45, 7) is 4.20. The van der Waals surface area contributed by atoms with E-state index in [0.29, 0.717) is 0 Å². The Labute approximate surface area is 228 Å². The average Bonchev–Trinajstić information content (AvgIpc) is 3.21. The number of nitrogens with two attached hydrogens (primary N) is 1. The second-order valence-corrected chi connectivity index (χ2v) is 11.3. The summed E-state index contributed by atoms with van der Waals surface area (Å²) < 4.78 is 9.21. The van der Waals surface area contributed by atoms with Gasteiger partial charge >= 0.3 is 0 Å². The van der Waals surface area contributed by atoms with Crippen molar-refractivity contribution in [1.82, 2.24) is 4.72 Å². The van der Waals surface area contributed by atoms with Gasteiger partial charge in [-0.05, 0) is 79.7 Å². The fourth-order valence-electron chi connectivity index (χ4n) is 4.30. The molecule has 1 heterocycles. The van der Waals surface area contributed by atoms with Gasteiger partial charge in [0.05, 0.1) is 30.8 Å². The number of likely N-dealkylation sites (N-methyl/N-ethyl adjacent to an activating group) is 1. The van der Waals surface area contributed by atoms with E-state index in [2.05, 4.69) is 78.3 Å². The molecule has 8 heteroatoms. The first-order valence-corrected chi connectivity index (χ1v) is 13.9. The second-order valence-electron chi connectivity index (χ2n) is 9.23. The van der Waals surface area contributed by atoms with Gasteiger partial charge in [0.2, 0.25) is 5.91 Å². The Balaban J connectivity index is 1.57. The molecule has 3 aromatic rings. The fourth-order valence-corrected chi connectivity index (χ4v) is 6.59. The number of anilines is 2. The average molecular weight is 535 g/mol. The largest absolute Gasteiger partial charge is 0.497 e. The molecule has 2 atom stereocenters. The van der Waals surface area contributed by atoms with E-state index in [0.717, 1.165) is 22.8 Å². The molecular weight excluding hydrogens is 500 g/mol. The predicted octanol–water partition coefficient (Wildman–Crippen LogP) is 5.79. The highest BCUT2D eigenvalue weighted by molar-refractivity contribution is 8.00. The van der Waals surface area contributed by atoms with Crippen LogP contribution in [-0.2, 0) is 11.2 Å². The van der Waals surface area contributed by atoms with E-state index in [1.165, 1.54) is 27.3 Å². The van der Waals surface area contributed by atoms with Crippen LogP contribution in [0.5, 0.6) is 5.75 Å².